The number of nitrogens with one attached hydrogen (secondary N) is 1. The van der Waals surface area contributed by atoms with E-state index < -0.39 is 22.0 Å². The molecule has 6 heteroatoms. The summed E-state index contributed by atoms with van der Waals surface area (Å²) in [4.78, 5) is 10.6. The summed E-state index contributed by atoms with van der Waals surface area (Å²) < 4.78 is 24.3. The molecule has 1 aliphatic carbocycles. The van der Waals surface area contributed by atoms with Crippen molar-refractivity contribution < 1.29 is 18.3 Å². The summed E-state index contributed by atoms with van der Waals surface area (Å²) in [7, 11) is -3.40. The van der Waals surface area contributed by atoms with E-state index in [1.807, 2.05) is 0 Å². The third-order valence-corrected chi connectivity index (χ3v) is 3.42. The Morgan fingerprint density at radius 2 is 2.15 bits per heavy atom. The summed E-state index contributed by atoms with van der Waals surface area (Å²) in [5.74, 6) is -1.18. The molecular weight excluding hydrogens is 194 g/mol. The Balaban J connectivity index is 2.62. The maximum Gasteiger partial charge on any atom is 0.322 e. The zero-order valence-electron chi connectivity index (χ0n) is 7.36. The number of aliphatic carboxylic acids is 1. The van der Waals surface area contributed by atoms with Crippen molar-refractivity contribution in [1.82, 2.24) is 4.72 Å². The van der Waals surface area contributed by atoms with Gasteiger partial charge in [0, 0.05) is 0 Å². The zero-order valence-corrected chi connectivity index (χ0v) is 8.17. The topological polar surface area (TPSA) is 83.5 Å². The van der Waals surface area contributed by atoms with Gasteiger partial charge in [-0.2, -0.15) is 0 Å². The van der Waals surface area contributed by atoms with Gasteiger partial charge in [-0.15, -0.1) is 0 Å². The second-order valence-electron chi connectivity index (χ2n) is 3.17. The number of rotatable bonds is 5. The second kappa shape index (κ2) is 3.63. The standard InChI is InChI=1S/C7H13NO4S/c1-2-13(11,12)8-6(7(9)10)5-3-4-5/h5-6,8H,2-4H2,1H3,(H,9,10). The Kier molecular flexibility index (Phi) is 2.92. The minimum Gasteiger partial charge on any atom is -0.480 e. The first kappa shape index (κ1) is 10.5. The van der Waals surface area contributed by atoms with E-state index in [4.69, 9.17) is 5.11 Å². The van der Waals surface area contributed by atoms with Gasteiger partial charge >= 0.3 is 5.97 Å². The number of hydrogen-bond acceptors (Lipinski definition) is 3. The predicted octanol–water partition coefficient (Wildman–Crippen LogP) is -0.211. The van der Waals surface area contributed by atoms with Crippen LogP contribution in [0.2, 0.25) is 0 Å². The molecule has 0 aromatic rings. The molecule has 1 fully saturated rings. The zero-order chi connectivity index (χ0) is 10.1. The van der Waals surface area contributed by atoms with Crippen LogP contribution in [-0.2, 0) is 14.8 Å². The lowest BCUT2D eigenvalue weighted by Crippen LogP contribution is -2.42. The third-order valence-electron chi connectivity index (χ3n) is 2.05. The van der Waals surface area contributed by atoms with Crippen molar-refractivity contribution in [3.8, 4) is 0 Å². The lowest BCUT2D eigenvalue weighted by Gasteiger charge is -2.12. The minimum absolute atomic E-state index is 0.0150. The number of hydrogen-bond donors (Lipinski definition) is 2. The van der Waals surface area contributed by atoms with Crippen molar-refractivity contribution in [2.24, 2.45) is 5.92 Å². The fourth-order valence-corrected chi connectivity index (χ4v) is 1.90. The van der Waals surface area contributed by atoms with Gasteiger partial charge in [0.2, 0.25) is 10.0 Å². The highest BCUT2D eigenvalue weighted by Gasteiger charge is 2.38. The van der Waals surface area contributed by atoms with Crippen molar-refractivity contribution in [2.75, 3.05) is 5.75 Å². The first-order valence-electron chi connectivity index (χ1n) is 4.19. The van der Waals surface area contributed by atoms with E-state index in [0.717, 1.165) is 12.8 Å². The molecule has 0 spiro atoms. The molecule has 1 rings (SSSR count). The van der Waals surface area contributed by atoms with E-state index >= 15 is 0 Å². The van der Waals surface area contributed by atoms with Gasteiger partial charge in [-0.25, -0.2) is 13.1 Å². The van der Waals surface area contributed by atoms with Crippen LogP contribution in [0.15, 0.2) is 0 Å². The molecular formula is C7H13NO4S. The summed E-state index contributed by atoms with van der Waals surface area (Å²) in [5, 5.41) is 8.72. The quantitative estimate of drug-likeness (QED) is 0.653. The van der Waals surface area contributed by atoms with Crippen LogP contribution < -0.4 is 4.72 Å². The maximum atomic E-state index is 11.1. The van der Waals surface area contributed by atoms with E-state index in [1.54, 1.807) is 0 Å². The van der Waals surface area contributed by atoms with Crippen molar-refractivity contribution in [2.45, 2.75) is 25.8 Å². The predicted molar refractivity (Wildman–Crippen MR) is 46.7 cm³/mol. The second-order valence-corrected chi connectivity index (χ2v) is 5.22. The van der Waals surface area contributed by atoms with E-state index in [9.17, 15) is 13.2 Å². The average Bonchev–Trinajstić information content (AvgIpc) is 2.82. The highest BCUT2D eigenvalue weighted by molar-refractivity contribution is 7.89. The first-order chi connectivity index (χ1) is 5.96. The number of carbonyl (C=O) groups is 1. The van der Waals surface area contributed by atoms with Crippen LogP contribution in [0.4, 0.5) is 0 Å². The third kappa shape index (κ3) is 2.96. The average molecular weight is 207 g/mol. The van der Waals surface area contributed by atoms with Crippen molar-refractivity contribution >= 4 is 16.0 Å². The number of carboxylic acid groups (broad SMARTS) is 1. The summed E-state index contributed by atoms with van der Waals surface area (Å²) in [6, 6.07) is -0.926. The van der Waals surface area contributed by atoms with Crippen LogP contribution in [-0.4, -0.2) is 31.3 Å². The van der Waals surface area contributed by atoms with Gasteiger partial charge in [-0.3, -0.25) is 4.79 Å². The van der Waals surface area contributed by atoms with Crippen LogP contribution in [0.25, 0.3) is 0 Å². The molecule has 0 aromatic heterocycles. The molecule has 0 saturated heterocycles. The minimum atomic E-state index is -3.40. The Labute approximate surface area is 77.2 Å². The summed E-state index contributed by atoms with van der Waals surface area (Å²) in [5.41, 5.74) is 0. The van der Waals surface area contributed by atoms with Gasteiger partial charge in [0.1, 0.15) is 6.04 Å². The molecule has 0 bridgehead atoms. The maximum absolute atomic E-state index is 11.1. The molecule has 0 radical (unpaired) electrons. The van der Waals surface area contributed by atoms with Crippen LogP contribution >= 0.6 is 0 Å². The highest BCUT2D eigenvalue weighted by atomic mass is 32.2. The lowest BCUT2D eigenvalue weighted by molar-refractivity contribution is -0.139. The summed E-state index contributed by atoms with van der Waals surface area (Å²) in [6.07, 6.45) is 1.59. The lowest BCUT2D eigenvalue weighted by atomic mass is 10.2. The molecule has 1 aliphatic rings. The molecule has 0 aromatic carbocycles. The van der Waals surface area contributed by atoms with Crippen LogP contribution in [0.3, 0.4) is 0 Å². The molecule has 0 heterocycles. The van der Waals surface area contributed by atoms with Crippen LogP contribution in [0.5, 0.6) is 0 Å². The van der Waals surface area contributed by atoms with Crippen LogP contribution in [0, 0.1) is 5.92 Å². The van der Waals surface area contributed by atoms with E-state index in [2.05, 4.69) is 4.72 Å². The monoisotopic (exact) mass is 207 g/mol. The van der Waals surface area contributed by atoms with E-state index in [0.29, 0.717) is 0 Å². The van der Waals surface area contributed by atoms with Gasteiger partial charge in [0.05, 0.1) is 5.75 Å². The molecule has 5 nitrogen and oxygen atoms in total. The van der Waals surface area contributed by atoms with Gasteiger partial charge in [-0.1, -0.05) is 0 Å². The van der Waals surface area contributed by atoms with Crippen molar-refractivity contribution in [3.05, 3.63) is 0 Å². The smallest absolute Gasteiger partial charge is 0.322 e. The number of carboxylic acids is 1. The molecule has 76 valence electrons. The Morgan fingerprint density at radius 3 is 2.46 bits per heavy atom. The molecule has 13 heavy (non-hydrogen) atoms. The number of sulfonamides is 1. The van der Waals surface area contributed by atoms with Gasteiger partial charge < -0.3 is 5.11 Å². The van der Waals surface area contributed by atoms with E-state index in [1.165, 1.54) is 6.92 Å². The van der Waals surface area contributed by atoms with Crippen molar-refractivity contribution in [1.29, 1.82) is 0 Å². The highest BCUT2D eigenvalue weighted by Crippen LogP contribution is 2.33. The molecule has 0 aliphatic heterocycles. The Bertz CT molecular complexity index is 294. The Morgan fingerprint density at radius 1 is 1.62 bits per heavy atom. The SMILES string of the molecule is CCS(=O)(=O)NC(C(=O)O)C1CC1. The largest absolute Gasteiger partial charge is 0.480 e. The molecule has 0 amide bonds. The fraction of sp³-hybridized carbons (Fsp3) is 0.857. The molecule has 1 saturated carbocycles. The first-order valence-corrected chi connectivity index (χ1v) is 5.84. The molecule has 2 N–H and O–H groups in total. The van der Waals surface area contributed by atoms with E-state index in [-0.39, 0.29) is 11.7 Å². The van der Waals surface area contributed by atoms with Gasteiger partial charge in [0.15, 0.2) is 0 Å². The molecule has 1 atom stereocenters. The normalized spacial score (nSPS) is 19.8. The van der Waals surface area contributed by atoms with Crippen LogP contribution in [0.1, 0.15) is 19.8 Å². The molecule has 1 unspecified atom stereocenters. The Hall–Kier alpha value is -0.620. The summed E-state index contributed by atoms with van der Waals surface area (Å²) >= 11 is 0. The fourth-order valence-electron chi connectivity index (χ4n) is 1.05. The van der Waals surface area contributed by atoms with Gasteiger partial charge in [0.25, 0.3) is 0 Å². The summed E-state index contributed by atoms with van der Waals surface area (Å²) in [6.45, 7) is 1.48. The van der Waals surface area contributed by atoms with Crippen molar-refractivity contribution in [3.63, 3.8) is 0 Å². The van der Waals surface area contributed by atoms with Gasteiger partial charge in [-0.05, 0) is 25.7 Å².